The standard InChI is InChI=1S/C18H22N2O3Si/c1-18(2,3)24(4,5)23-10-16-19-14-8-11-6-7-15(21)12(11)9-13(14)17(22)20-16/h6-9,21H,10H2,1-5H3. The molecule has 0 unspecified atom stereocenters. The quantitative estimate of drug-likeness (QED) is 0.858. The molecule has 0 aromatic heterocycles. The Labute approximate surface area is 142 Å². The summed E-state index contributed by atoms with van der Waals surface area (Å²) < 4.78 is 6.11. The van der Waals surface area contributed by atoms with Crippen LogP contribution in [0.4, 0.5) is 0 Å². The van der Waals surface area contributed by atoms with E-state index in [0.717, 1.165) is 5.56 Å². The summed E-state index contributed by atoms with van der Waals surface area (Å²) in [6.45, 7) is 11.0. The fraction of sp³-hybridized carbons (Fsp3) is 0.389. The number of benzene rings is 1. The van der Waals surface area contributed by atoms with Gasteiger partial charge in [-0.25, -0.2) is 4.99 Å². The smallest absolute Gasteiger partial charge is 0.281 e. The highest BCUT2D eigenvalue weighted by atomic mass is 28.4. The van der Waals surface area contributed by atoms with Crippen molar-refractivity contribution in [1.82, 2.24) is 0 Å². The Morgan fingerprint density at radius 2 is 1.88 bits per heavy atom. The van der Waals surface area contributed by atoms with Crippen LogP contribution in [0.3, 0.4) is 0 Å². The van der Waals surface area contributed by atoms with Crippen molar-refractivity contribution >= 4 is 31.9 Å². The molecular formula is C18H22N2O3Si. The second-order valence-electron chi connectivity index (χ2n) is 7.67. The van der Waals surface area contributed by atoms with E-state index in [1.54, 1.807) is 12.1 Å². The van der Waals surface area contributed by atoms with E-state index >= 15 is 0 Å². The minimum Gasteiger partial charge on any atom is -0.507 e. The van der Waals surface area contributed by atoms with Crippen molar-refractivity contribution in [2.24, 2.45) is 9.98 Å². The van der Waals surface area contributed by atoms with Crippen LogP contribution in [0.15, 0.2) is 28.2 Å². The molecule has 0 bridgehead atoms. The molecule has 0 fully saturated rings. The first kappa shape index (κ1) is 16.8. The lowest BCUT2D eigenvalue weighted by molar-refractivity contribution is 0.0999. The maximum absolute atomic E-state index is 12.3. The fourth-order valence-electron chi connectivity index (χ4n) is 2.35. The number of rotatable bonds is 3. The first-order chi connectivity index (χ1) is 11.1. The van der Waals surface area contributed by atoms with E-state index in [-0.39, 0.29) is 23.3 Å². The summed E-state index contributed by atoms with van der Waals surface area (Å²) in [4.78, 5) is 20.9. The Hall–Kier alpha value is -2.05. The summed E-state index contributed by atoms with van der Waals surface area (Å²) in [7, 11) is -1.93. The third-order valence-corrected chi connectivity index (χ3v) is 9.42. The molecule has 1 aromatic rings. The Morgan fingerprint density at radius 1 is 1.17 bits per heavy atom. The van der Waals surface area contributed by atoms with Gasteiger partial charge >= 0.3 is 0 Å². The number of amidine groups is 1. The summed E-state index contributed by atoms with van der Waals surface area (Å²) in [5, 5.41) is 11.1. The van der Waals surface area contributed by atoms with Crippen molar-refractivity contribution in [3.8, 4) is 0 Å². The van der Waals surface area contributed by atoms with Crippen LogP contribution < -0.4 is 10.6 Å². The average molecular weight is 342 g/mol. The van der Waals surface area contributed by atoms with Gasteiger partial charge in [0.2, 0.25) is 0 Å². The van der Waals surface area contributed by atoms with Gasteiger partial charge in [-0.15, -0.1) is 0 Å². The highest BCUT2D eigenvalue weighted by molar-refractivity contribution is 6.74. The van der Waals surface area contributed by atoms with Crippen LogP contribution in [0.25, 0.3) is 11.8 Å². The van der Waals surface area contributed by atoms with Crippen LogP contribution in [-0.4, -0.2) is 31.8 Å². The summed E-state index contributed by atoms with van der Waals surface area (Å²) in [6.07, 6.45) is 3.42. The number of amides is 1. The molecule has 0 saturated carbocycles. The molecular weight excluding hydrogens is 320 g/mol. The number of aliphatic hydroxyl groups excluding tert-OH is 1. The van der Waals surface area contributed by atoms with Crippen molar-refractivity contribution in [2.45, 2.75) is 38.9 Å². The minimum absolute atomic E-state index is 0.0864. The zero-order valence-corrected chi connectivity index (χ0v) is 15.7. The van der Waals surface area contributed by atoms with Crippen molar-refractivity contribution in [1.29, 1.82) is 0 Å². The van der Waals surface area contributed by atoms with Gasteiger partial charge in [-0.1, -0.05) is 26.8 Å². The molecule has 1 aliphatic heterocycles. The fourth-order valence-corrected chi connectivity index (χ4v) is 3.28. The molecule has 1 aromatic carbocycles. The van der Waals surface area contributed by atoms with Crippen LogP contribution in [0.5, 0.6) is 0 Å². The topological polar surface area (TPSA) is 71.2 Å². The highest BCUT2D eigenvalue weighted by Crippen LogP contribution is 2.36. The average Bonchev–Trinajstić information content (AvgIpc) is 2.83. The van der Waals surface area contributed by atoms with E-state index < -0.39 is 8.32 Å². The van der Waals surface area contributed by atoms with E-state index in [1.807, 2.05) is 12.1 Å². The second-order valence-corrected chi connectivity index (χ2v) is 12.5. The van der Waals surface area contributed by atoms with E-state index in [9.17, 15) is 9.90 Å². The first-order valence-corrected chi connectivity index (χ1v) is 10.9. The van der Waals surface area contributed by atoms with Gasteiger partial charge in [0.1, 0.15) is 5.76 Å². The lowest BCUT2D eigenvalue weighted by atomic mass is 10.1. The van der Waals surface area contributed by atoms with Crippen molar-refractivity contribution in [3.05, 3.63) is 39.9 Å². The lowest BCUT2D eigenvalue weighted by Gasteiger charge is -2.36. The highest BCUT2D eigenvalue weighted by Gasteiger charge is 2.37. The van der Waals surface area contributed by atoms with E-state index in [1.165, 1.54) is 0 Å². The number of carbonyl (C=O) groups is 1. The Kier molecular flexibility index (Phi) is 3.84. The molecule has 0 spiro atoms. The van der Waals surface area contributed by atoms with Gasteiger partial charge in [-0.2, -0.15) is 4.99 Å². The first-order valence-electron chi connectivity index (χ1n) is 7.98. The molecule has 1 N–H and O–H groups in total. The molecule has 126 valence electrons. The molecule has 0 atom stereocenters. The summed E-state index contributed by atoms with van der Waals surface area (Å²) in [5.74, 6) is 0.237. The number of aliphatic hydroxyl groups is 1. The molecule has 0 radical (unpaired) electrons. The zero-order valence-electron chi connectivity index (χ0n) is 14.7. The predicted octanol–water partition coefficient (Wildman–Crippen LogP) is 2.57. The number of nitrogens with zero attached hydrogens (tertiary/aromatic N) is 2. The molecule has 3 rings (SSSR count). The third kappa shape index (κ3) is 2.87. The molecule has 0 saturated heterocycles. The van der Waals surface area contributed by atoms with Crippen molar-refractivity contribution < 1.29 is 14.3 Å². The molecule has 6 heteroatoms. The lowest BCUT2D eigenvalue weighted by Crippen LogP contribution is -2.42. The Balaban J connectivity index is 1.92. The summed E-state index contributed by atoms with van der Waals surface area (Å²) >= 11 is 0. The molecule has 24 heavy (non-hydrogen) atoms. The minimum atomic E-state index is -1.93. The number of aliphatic imine (C=N–C) groups is 1. The van der Waals surface area contributed by atoms with Crippen LogP contribution >= 0.6 is 0 Å². The van der Waals surface area contributed by atoms with E-state index in [0.29, 0.717) is 22.0 Å². The van der Waals surface area contributed by atoms with Crippen LogP contribution in [-0.2, 0) is 4.43 Å². The second kappa shape index (κ2) is 5.49. The van der Waals surface area contributed by atoms with E-state index in [2.05, 4.69) is 43.9 Å². The van der Waals surface area contributed by atoms with Gasteiger partial charge in [-0.05, 0) is 41.9 Å². The van der Waals surface area contributed by atoms with Gasteiger partial charge in [0.15, 0.2) is 14.2 Å². The largest absolute Gasteiger partial charge is 0.507 e. The number of hydrogen-bond donors (Lipinski definition) is 1. The maximum atomic E-state index is 12.3. The molecule has 2 aliphatic rings. The van der Waals surface area contributed by atoms with Gasteiger partial charge < -0.3 is 9.53 Å². The third-order valence-electron chi connectivity index (χ3n) is 4.94. The number of carbonyl (C=O) groups excluding carboxylic acids is 1. The van der Waals surface area contributed by atoms with Gasteiger partial charge in [-0.3, -0.25) is 4.79 Å². The summed E-state index contributed by atoms with van der Waals surface area (Å²) in [5.41, 5.74) is 1.27. The molecule has 1 amide bonds. The van der Waals surface area contributed by atoms with Crippen LogP contribution in [0.2, 0.25) is 18.1 Å². The zero-order chi connectivity index (χ0) is 17.7. The SMILES string of the molecule is CC(C)(C)[Si](C)(C)OCC1=NC(=O)c2cc3c(cc2=N1)C=CC=3O. The molecule has 1 aliphatic carbocycles. The monoisotopic (exact) mass is 342 g/mol. The predicted molar refractivity (Wildman–Crippen MR) is 97.2 cm³/mol. The van der Waals surface area contributed by atoms with Gasteiger partial charge in [0.25, 0.3) is 5.91 Å². The van der Waals surface area contributed by atoms with Crippen molar-refractivity contribution in [2.75, 3.05) is 6.61 Å². The Bertz CT molecular complexity index is 905. The van der Waals surface area contributed by atoms with Crippen molar-refractivity contribution in [3.63, 3.8) is 0 Å². The maximum Gasteiger partial charge on any atom is 0.281 e. The Morgan fingerprint density at radius 3 is 2.54 bits per heavy atom. The normalized spacial score (nSPS) is 16.6. The van der Waals surface area contributed by atoms with E-state index in [4.69, 9.17) is 4.43 Å². The van der Waals surface area contributed by atoms with Gasteiger partial charge in [0.05, 0.1) is 17.5 Å². The van der Waals surface area contributed by atoms with Gasteiger partial charge in [0, 0.05) is 5.22 Å². The van der Waals surface area contributed by atoms with Crippen LogP contribution in [0.1, 0.15) is 36.7 Å². The number of hydrogen-bond acceptors (Lipinski definition) is 4. The number of fused-ring (bicyclic) bond motifs is 2. The molecule has 5 nitrogen and oxygen atoms in total. The van der Waals surface area contributed by atoms with Crippen LogP contribution in [0, 0.1) is 0 Å². The summed E-state index contributed by atoms with van der Waals surface area (Å²) in [6, 6.07) is 3.46. The molecule has 1 heterocycles.